The van der Waals surface area contributed by atoms with Crippen LogP contribution in [0.2, 0.25) is 0 Å². The van der Waals surface area contributed by atoms with E-state index in [1.807, 2.05) is 38.1 Å². The number of aryl methyl sites for hydroxylation is 2. The highest BCUT2D eigenvalue weighted by atomic mass is 79.9. The second-order valence-corrected chi connectivity index (χ2v) is 5.16. The summed E-state index contributed by atoms with van der Waals surface area (Å²) in [5.41, 5.74) is 9.83. The van der Waals surface area contributed by atoms with E-state index in [1.165, 1.54) is 0 Å². The average Bonchev–Trinajstić information content (AvgIpc) is 2.33. The number of benzene rings is 1. The second kappa shape index (κ2) is 5.59. The Morgan fingerprint density at radius 2 is 1.83 bits per heavy atom. The summed E-state index contributed by atoms with van der Waals surface area (Å²) in [7, 11) is 0. The molecule has 94 valence electrons. The van der Waals surface area contributed by atoms with Gasteiger partial charge in [0.05, 0.1) is 0 Å². The largest absolute Gasteiger partial charge is 0.330 e. The quantitative estimate of drug-likeness (QED) is 0.948. The molecule has 18 heavy (non-hydrogen) atoms. The molecule has 1 heterocycles. The van der Waals surface area contributed by atoms with Crippen molar-refractivity contribution in [1.29, 1.82) is 0 Å². The molecule has 3 nitrogen and oxygen atoms in total. The van der Waals surface area contributed by atoms with Crippen LogP contribution in [0.3, 0.4) is 0 Å². The molecule has 4 heteroatoms. The maximum absolute atomic E-state index is 5.61. The average molecular weight is 306 g/mol. The highest BCUT2D eigenvalue weighted by Gasteiger charge is 2.09. The molecular weight excluding hydrogens is 290 g/mol. The van der Waals surface area contributed by atoms with Crippen LogP contribution in [0.25, 0.3) is 11.4 Å². The van der Waals surface area contributed by atoms with Crippen molar-refractivity contribution < 1.29 is 0 Å². The van der Waals surface area contributed by atoms with Crippen LogP contribution < -0.4 is 5.73 Å². The van der Waals surface area contributed by atoms with E-state index in [0.29, 0.717) is 6.54 Å². The molecule has 0 unspecified atom stereocenters. The Morgan fingerprint density at radius 3 is 2.39 bits per heavy atom. The first kappa shape index (κ1) is 13.2. The fourth-order valence-corrected chi connectivity index (χ4v) is 2.40. The molecule has 2 aromatic rings. The summed E-state index contributed by atoms with van der Waals surface area (Å²) in [6.07, 6.45) is 0.830. The van der Waals surface area contributed by atoms with E-state index >= 15 is 0 Å². The molecule has 0 fully saturated rings. The minimum Gasteiger partial charge on any atom is -0.330 e. The van der Waals surface area contributed by atoms with E-state index in [1.54, 1.807) is 0 Å². The predicted octanol–water partition coefficient (Wildman–Crippen LogP) is 3.02. The number of aromatic nitrogens is 2. The lowest BCUT2D eigenvalue weighted by atomic mass is 10.1. The van der Waals surface area contributed by atoms with Crippen LogP contribution in [-0.2, 0) is 6.42 Å². The minimum atomic E-state index is 0.626. The summed E-state index contributed by atoms with van der Waals surface area (Å²) in [5.74, 6) is 0.770. The van der Waals surface area contributed by atoms with Crippen molar-refractivity contribution in [2.24, 2.45) is 5.73 Å². The summed E-state index contributed by atoms with van der Waals surface area (Å²) in [5, 5.41) is 0. The SMILES string of the molecule is Cc1nc(-c2cccc(Br)c2)nc(C)c1CCN. The Morgan fingerprint density at radius 1 is 1.17 bits per heavy atom. The summed E-state index contributed by atoms with van der Waals surface area (Å²) >= 11 is 3.46. The molecular formula is C14H16BrN3. The maximum atomic E-state index is 5.61. The third-order valence-electron chi connectivity index (χ3n) is 2.90. The Labute approximate surface area is 116 Å². The molecule has 0 atom stereocenters. The lowest BCUT2D eigenvalue weighted by molar-refractivity contribution is 0.899. The van der Waals surface area contributed by atoms with E-state index in [2.05, 4.69) is 25.9 Å². The van der Waals surface area contributed by atoms with Gasteiger partial charge in [0, 0.05) is 21.4 Å². The molecule has 0 amide bonds. The smallest absolute Gasteiger partial charge is 0.159 e. The van der Waals surface area contributed by atoms with E-state index in [-0.39, 0.29) is 0 Å². The van der Waals surface area contributed by atoms with Gasteiger partial charge in [-0.15, -0.1) is 0 Å². The number of hydrogen-bond acceptors (Lipinski definition) is 3. The standard InChI is InChI=1S/C14H16BrN3/c1-9-13(6-7-16)10(2)18-14(17-9)11-4-3-5-12(15)8-11/h3-5,8H,6-7,16H2,1-2H3. The summed E-state index contributed by atoms with van der Waals surface area (Å²) in [4.78, 5) is 9.15. The first-order valence-corrected chi connectivity index (χ1v) is 6.71. The van der Waals surface area contributed by atoms with E-state index < -0.39 is 0 Å². The van der Waals surface area contributed by atoms with Gasteiger partial charge in [0.1, 0.15) is 0 Å². The van der Waals surface area contributed by atoms with Crippen molar-refractivity contribution >= 4 is 15.9 Å². The summed E-state index contributed by atoms with van der Waals surface area (Å²) in [6.45, 7) is 4.66. The van der Waals surface area contributed by atoms with Gasteiger partial charge in [0.2, 0.25) is 0 Å². The number of nitrogens with two attached hydrogens (primary N) is 1. The van der Waals surface area contributed by atoms with Crippen LogP contribution >= 0.6 is 15.9 Å². The third kappa shape index (κ3) is 2.76. The minimum absolute atomic E-state index is 0.626. The normalized spacial score (nSPS) is 10.7. The molecule has 0 radical (unpaired) electrons. The number of rotatable bonds is 3. The van der Waals surface area contributed by atoms with Gasteiger partial charge in [0.25, 0.3) is 0 Å². The third-order valence-corrected chi connectivity index (χ3v) is 3.39. The highest BCUT2D eigenvalue weighted by Crippen LogP contribution is 2.22. The fourth-order valence-electron chi connectivity index (χ4n) is 2.00. The molecule has 0 bridgehead atoms. The molecule has 0 aliphatic carbocycles. The number of nitrogens with zero attached hydrogens (tertiary/aromatic N) is 2. The second-order valence-electron chi connectivity index (χ2n) is 4.25. The van der Waals surface area contributed by atoms with E-state index in [4.69, 9.17) is 5.73 Å². The molecule has 0 saturated heterocycles. The molecule has 0 aliphatic heterocycles. The Bertz CT molecular complexity index is 544. The van der Waals surface area contributed by atoms with Gasteiger partial charge < -0.3 is 5.73 Å². The van der Waals surface area contributed by atoms with Crippen molar-refractivity contribution in [3.05, 3.63) is 45.7 Å². The van der Waals surface area contributed by atoms with Crippen LogP contribution in [0.1, 0.15) is 17.0 Å². The van der Waals surface area contributed by atoms with Gasteiger partial charge in [-0.25, -0.2) is 9.97 Å². The Kier molecular flexibility index (Phi) is 4.09. The molecule has 2 rings (SSSR count). The van der Waals surface area contributed by atoms with Gasteiger partial charge in [0.15, 0.2) is 5.82 Å². The Hall–Kier alpha value is -1.26. The topological polar surface area (TPSA) is 51.8 Å². The van der Waals surface area contributed by atoms with Gasteiger partial charge in [-0.2, -0.15) is 0 Å². The van der Waals surface area contributed by atoms with E-state index in [0.717, 1.165) is 39.2 Å². The van der Waals surface area contributed by atoms with Gasteiger partial charge in [-0.05, 0) is 44.5 Å². The van der Waals surface area contributed by atoms with Crippen LogP contribution in [0.15, 0.2) is 28.7 Å². The zero-order valence-corrected chi connectivity index (χ0v) is 12.2. The monoisotopic (exact) mass is 305 g/mol. The summed E-state index contributed by atoms with van der Waals surface area (Å²) in [6, 6.07) is 8.02. The molecule has 0 aliphatic rings. The van der Waals surface area contributed by atoms with Crippen LogP contribution in [0.4, 0.5) is 0 Å². The van der Waals surface area contributed by atoms with Gasteiger partial charge >= 0.3 is 0 Å². The molecule has 1 aromatic heterocycles. The van der Waals surface area contributed by atoms with Crippen LogP contribution in [0, 0.1) is 13.8 Å². The molecule has 2 N–H and O–H groups in total. The van der Waals surface area contributed by atoms with Gasteiger partial charge in [-0.3, -0.25) is 0 Å². The van der Waals surface area contributed by atoms with Crippen LogP contribution in [0.5, 0.6) is 0 Å². The molecule has 1 aromatic carbocycles. The fraction of sp³-hybridized carbons (Fsp3) is 0.286. The van der Waals surface area contributed by atoms with Crippen molar-refractivity contribution in [3.63, 3.8) is 0 Å². The van der Waals surface area contributed by atoms with E-state index in [9.17, 15) is 0 Å². The van der Waals surface area contributed by atoms with Crippen molar-refractivity contribution in [2.45, 2.75) is 20.3 Å². The van der Waals surface area contributed by atoms with Gasteiger partial charge in [-0.1, -0.05) is 28.1 Å². The number of hydrogen-bond donors (Lipinski definition) is 1. The number of halogens is 1. The lowest BCUT2D eigenvalue weighted by Gasteiger charge is -2.10. The Balaban J connectivity index is 2.48. The van der Waals surface area contributed by atoms with Crippen molar-refractivity contribution in [3.8, 4) is 11.4 Å². The zero-order chi connectivity index (χ0) is 13.1. The van der Waals surface area contributed by atoms with Crippen molar-refractivity contribution in [2.75, 3.05) is 6.54 Å². The first-order valence-electron chi connectivity index (χ1n) is 5.92. The van der Waals surface area contributed by atoms with Crippen LogP contribution in [-0.4, -0.2) is 16.5 Å². The maximum Gasteiger partial charge on any atom is 0.159 e. The molecule has 0 saturated carbocycles. The predicted molar refractivity (Wildman–Crippen MR) is 77.4 cm³/mol. The summed E-state index contributed by atoms with van der Waals surface area (Å²) < 4.78 is 1.03. The highest BCUT2D eigenvalue weighted by molar-refractivity contribution is 9.10. The zero-order valence-electron chi connectivity index (χ0n) is 10.6. The first-order chi connectivity index (χ1) is 8.61. The van der Waals surface area contributed by atoms with Crippen molar-refractivity contribution in [1.82, 2.24) is 9.97 Å². The molecule has 0 spiro atoms. The lowest BCUT2D eigenvalue weighted by Crippen LogP contribution is -2.09.